The highest BCUT2D eigenvalue weighted by Crippen LogP contribution is 2.39. The van der Waals surface area contributed by atoms with E-state index in [-0.39, 0.29) is 5.91 Å². The minimum atomic E-state index is -3.42. The van der Waals surface area contributed by atoms with Crippen molar-refractivity contribution in [1.82, 2.24) is 9.21 Å². The highest BCUT2D eigenvalue weighted by atomic mass is 32.2. The number of likely N-dealkylation sites (N-methyl/N-ethyl adjacent to an activating group) is 1. The zero-order chi connectivity index (χ0) is 18.2. The third-order valence-electron chi connectivity index (χ3n) is 6.28. The van der Waals surface area contributed by atoms with Crippen LogP contribution in [0.1, 0.15) is 51.9 Å². The Morgan fingerprint density at radius 1 is 1.24 bits per heavy atom. The standard InChI is InChI=1S/C18H29N3O3S/c1-4-14-6-8-15(9-7-14)16-19-18(17(22)20(16)3)10-12-21(13-11-18)25(23,24)5-2/h5,14-15H,2,4,6-13H2,1,3H3/t14-,15-. The number of hydrogen-bond donors (Lipinski definition) is 0. The zero-order valence-electron chi connectivity index (χ0n) is 15.3. The normalized spacial score (nSPS) is 30.6. The number of carbonyl (C=O) groups excluding carboxylic acids is 1. The number of sulfonamides is 1. The molecule has 1 saturated heterocycles. The first-order valence-electron chi connectivity index (χ1n) is 9.33. The molecule has 2 heterocycles. The molecule has 0 aromatic carbocycles. The third-order valence-corrected chi connectivity index (χ3v) is 7.79. The summed E-state index contributed by atoms with van der Waals surface area (Å²) in [5, 5.41) is 0.981. The van der Waals surface area contributed by atoms with Gasteiger partial charge in [-0.3, -0.25) is 9.79 Å². The van der Waals surface area contributed by atoms with Crippen molar-refractivity contribution in [2.24, 2.45) is 16.8 Å². The van der Waals surface area contributed by atoms with Crippen molar-refractivity contribution >= 4 is 21.8 Å². The van der Waals surface area contributed by atoms with Gasteiger partial charge in [-0.1, -0.05) is 19.9 Å². The van der Waals surface area contributed by atoms with Crippen LogP contribution in [0.5, 0.6) is 0 Å². The number of carbonyl (C=O) groups is 1. The summed E-state index contributed by atoms with van der Waals surface area (Å²) in [6, 6.07) is 0. The van der Waals surface area contributed by atoms with Crippen molar-refractivity contribution in [2.75, 3.05) is 20.1 Å². The van der Waals surface area contributed by atoms with Crippen LogP contribution < -0.4 is 0 Å². The van der Waals surface area contributed by atoms with Crippen LogP contribution >= 0.6 is 0 Å². The molecule has 0 N–H and O–H groups in total. The van der Waals surface area contributed by atoms with Crippen molar-refractivity contribution in [3.05, 3.63) is 12.0 Å². The van der Waals surface area contributed by atoms with Crippen molar-refractivity contribution in [2.45, 2.75) is 57.4 Å². The Hall–Kier alpha value is -1.21. The molecule has 1 saturated carbocycles. The van der Waals surface area contributed by atoms with Crippen LogP contribution in [0, 0.1) is 11.8 Å². The summed E-state index contributed by atoms with van der Waals surface area (Å²) in [6.07, 6.45) is 6.75. The number of aliphatic imine (C=N–C) groups is 1. The van der Waals surface area contributed by atoms with Gasteiger partial charge in [0, 0.05) is 31.5 Å². The molecule has 0 aromatic rings. The SMILES string of the molecule is C=CS(=O)(=O)N1CCC2(CC1)N=C([C@H]1CC[C@H](CC)CC1)N(C)C2=O. The molecule has 6 nitrogen and oxygen atoms in total. The zero-order valence-corrected chi connectivity index (χ0v) is 16.1. The lowest BCUT2D eigenvalue weighted by Gasteiger charge is -2.34. The highest BCUT2D eigenvalue weighted by Gasteiger charge is 2.50. The van der Waals surface area contributed by atoms with Gasteiger partial charge in [0.25, 0.3) is 5.91 Å². The van der Waals surface area contributed by atoms with E-state index in [0.717, 1.165) is 30.0 Å². The van der Waals surface area contributed by atoms with Crippen molar-refractivity contribution in [3.63, 3.8) is 0 Å². The molecular formula is C18H29N3O3S. The maximum absolute atomic E-state index is 12.9. The van der Waals surface area contributed by atoms with E-state index in [1.807, 2.05) is 7.05 Å². The van der Waals surface area contributed by atoms with Crippen molar-refractivity contribution in [3.8, 4) is 0 Å². The van der Waals surface area contributed by atoms with Crippen LogP contribution in [0.3, 0.4) is 0 Å². The van der Waals surface area contributed by atoms with Crippen LogP contribution in [0.2, 0.25) is 0 Å². The molecule has 1 spiro atoms. The van der Waals surface area contributed by atoms with E-state index >= 15 is 0 Å². The maximum Gasteiger partial charge on any atom is 0.255 e. The Labute approximate surface area is 151 Å². The average molecular weight is 368 g/mol. The lowest BCUT2D eigenvalue weighted by molar-refractivity contribution is -0.131. The van der Waals surface area contributed by atoms with Gasteiger partial charge in [0.15, 0.2) is 0 Å². The largest absolute Gasteiger partial charge is 0.301 e. The second-order valence-electron chi connectivity index (χ2n) is 7.60. The van der Waals surface area contributed by atoms with Gasteiger partial charge in [0.1, 0.15) is 11.4 Å². The van der Waals surface area contributed by atoms with E-state index < -0.39 is 15.6 Å². The maximum atomic E-state index is 12.9. The Bertz CT molecular complexity index is 670. The number of hydrogen-bond acceptors (Lipinski definition) is 4. The second kappa shape index (κ2) is 6.83. The van der Waals surface area contributed by atoms with E-state index in [1.165, 1.54) is 23.6 Å². The van der Waals surface area contributed by atoms with Gasteiger partial charge in [-0.05, 0) is 44.4 Å². The number of rotatable bonds is 4. The summed E-state index contributed by atoms with van der Waals surface area (Å²) in [5.41, 5.74) is -0.751. The smallest absolute Gasteiger partial charge is 0.255 e. The minimum Gasteiger partial charge on any atom is -0.301 e. The fraction of sp³-hybridized carbons (Fsp3) is 0.778. The average Bonchev–Trinajstić information content (AvgIpc) is 2.87. The molecular weight excluding hydrogens is 338 g/mol. The number of amidine groups is 1. The van der Waals surface area contributed by atoms with Crippen LogP contribution in [-0.2, 0) is 14.8 Å². The van der Waals surface area contributed by atoms with Gasteiger partial charge in [-0.2, -0.15) is 4.31 Å². The molecule has 25 heavy (non-hydrogen) atoms. The number of amides is 1. The van der Waals surface area contributed by atoms with E-state index in [0.29, 0.717) is 31.8 Å². The van der Waals surface area contributed by atoms with E-state index in [9.17, 15) is 13.2 Å². The molecule has 3 rings (SSSR count). The van der Waals surface area contributed by atoms with E-state index in [1.54, 1.807) is 4.90 Å². The summed E-state index contributed by atoms with van der Waals surface area (Å²) >= 11 is 0. The summed E-state index contributed by atoms with van der Waals surface area (Å²) in [5.74, 6) is 2.14. The summed E-state index contributed by atoms with van der Waals surface area (Å²) in [7, 11) is -1.59. The molecule has 2 fully saturated rings. The Morgan fingerprint density at radius 3 is 2.36 bits per heavy atom. The summed E-state index contributed by atoms with van der Waals surface area (Å²) in [4.78, 5) is 19.6. The van der Waals surface area contributed by atoms with Crippen LogP contribution in [-0.4, -0.2) is 55.0 Å². The Balaban J connectivity index is 1.74. The van der Waals surface area contributed by atoms with Crippen molar-refractivity contribution < 1.29 is 13.2 Å². The van der Waals surface area contributed by atoms with Gasteiger partial charge < -0.3 is 4.90 Å². The highest BCUT2D eigenvalue weighted by molar-refractivity contribution is 7.92. The monoisotopic (exact) mass is 367 g/mol. The predicted octanol–water partition coefficient (Wildman–Crippen LogP) is 2.38. The molecule has 0 radical (unpaired) electrons. The van der Waals surface area contributed by atoms with Crippen LogP contribution in [0.15, 0.2) is 17.0 Å². The first-order chi connectivity index (χ1) is 11.8. The Morgan fingerprint density at radius 2 is 1.84 bits per heavy atom. The first-order valence-corrected chi connectivity index (χ1v) is 10.8. The van der Waals surface area contributed by atoms with E-state index in [2.05, 4.69) is 13.5 Å². The molecule has 2 aliphatic heterocycles. The molecule has 1 aliphatic carbocycles. The van der Waals surface area contributed by atoms with E-state index in [4.69, 9.17) is 4.99 Å². The molecule has 0 atom stereocenters. The lowest BCUT2D eigenvalue weighted by Crippen LogP contribution is -2.50. The van der Waals surface area contributed by atoms with Gasteiger partial charge >= 0.3 is 0 Å². The number of piperidine rings is 1. The molecule has 0 unspecified atom stereocenters. The molecule has 0 aromatic heterocycles. The van der Waals surface area contributed by atoms with Crippen LogP contribution in [0.25, 0.3) is 0 Å². The molecule has 1 amide bonds. The van der Waals surface area contributed by atoms with Crippen molar-refractivity contribution in [1.29, 1.82) is 0 Å². The topological polar surface area (TPSA) is 70.1 Å². The van der Waals surface area contributed by atoms with Gasteiger partial charge in [-0.25, -0.2) is 8.42 Å². The molecule has 0 bridgehead atoms. The number of nitrogens with zero attached hydrogens (tertiary/aromatic N) is 3. The predicted molar refractivity (Wildman–Crippen MR) is 98.6 cm³/mol. The molecule has 140 valence electrons. The van der Waals surface area contributed by atoms with Gasteiger partial charge in [0.05, 0.1) is 0 Å². The third kappa shape index (κ3) is 3.28. The quantitative estimate of drug-likeness (QED) is 0.766. The van der Waals surface area contributed by atoms with Gasteiger partial charge in [0.2, 0.25) is 10.0 Å². The first kappa shape index (κ1) is 18.6. The Kier molecular flexibility index (Phi) is 5.08. The lowest BCUT2D eigenvalue weighted by atomic mass is 9.80. The fourth-order valence-electron chi connectivity index (χ4n) is 4.49. The van der Waals surface area contributed by atoms with Crippen LogP contribution in [0.4, 0.5) is 0 Å². The molecule has 7 heteroatoms. The summed E-state index contributed by atoms with van der Waals surface area (Å²) in [6.45, 7) is 6.27. The minimum absolute atomic E-state index is 0.0377. The summed E-state index contributed by atoms with van der Waals surface area (Å²) < 4.78 is 25.3. The molecule has 3 aliphatic rings. The van der Waals surface area contributed by atoms with Gasteiger partial charge in [-0.15, -0.1) is 0 Å². The fourth-order valence-corrected chi connectivity index (χ4v) is 5.40. The second-order valence-corrected chi connectivity index (χ2v) is 9.48.